The molecule has 0 aliphatic carbocycles. The van der Waals surface area contributed by atoms with Gasteiger partial charge in [-0.15, -0.1) is 0 Å². The number of ether oxygens (including phenoxy) is 1. The molecule has 0 saturated heterocycles. The summed E-state index contributed by atoms with van der Waals surface area (Å²) in [5, 5.41) is 1.21. The molecule has 0 amide bonds. The molecule has 0 fully saturated rings. The largest absolute Gasteiger partial charge is 0.386 e. The van der Waals surface area contributed by atoms with E-state index in [0.29, 0.717) is 10.8 Å². The zero-order valence-electron chi connectivity index (χ0n) is 12.2. The molecule has 5 nitrogen and oxygen atoms in total. The second kappa shape index (κ2) is 5.01. The van der Waals surface area contributed by atoms with E-state index >= 15 is 0 Å². The summed E-state index contributed by atoms with van der Waals surface area (Å²) in [4.78, 5) is 23.6. The second-order valence-electron chi connectivity index (χ2n) is 5.40. The topological polar surface area (TPSA) is 77.5 Å². The average Bonchev–Trinajstić information content (AvgIpc) is 2.87. The predicted octanol–water partition coefficient (Wildman–Crippen LogP) is 2.98. The van der Waals surface area contributed by atoms with E-state index in [1.54, 1.807) is 24.3 Å². The van der Waals surface area contributed by atoms with E-state index in [4.69, 9.17) is 0 Å². The minimum atomic E-state index is -3.65. The van der Waals surface area contributed by atoms with Crippen molar-refractivity contribution in [1.82, 2.24) is 0 Å². The zero-order chi connectivity index (χ0) is 16.9. The molecule has 1 heterocycles. The van der Waals surface area contributed by atoms with Crippen molar-refractivity contribution in [2.75, 3.05) is 0 Å². The number of cyclic esters (lactones) is 2. The van der Waals surface area contributed by atoms with Crippen molar-refractivity contribution >= 4 is 32.5 Å². The Labute approximate surface area is 137 Å². The summed E-state index contributed by atoms with van der Waals surface area (Å²) in [7, 11) is -3.65. The lowest BCUT2D eigenvalue weighted by Gasteiger charge is -2.07. The fraction of sp³-hybridized carbons (Fsp3) is 0. The summed E-state index contributed by atoms with van der Waals surface area (Å²) in [6.07, 6.45) is 0. The summed E-state index contributed by atoms with van der Waals surface area (Å²) in [6, 6.07) is 15.7. The molecule has 1 aliphatic rings. The summed E-state index contributed by atoms with van der Waals surface area (Å²) in [6.45, 7) is 0. The van der Waals surface area contributed by atoms with E-state index in [0.717, 1.165) is 0 Å². The van der Waals surface area contributed by atoms with E-state index in [-0.39, 0.29) is 20.9 Å². The first-order valence-corrected chi connectivity index (χ1v) is 8.59. The molecule has 3 aromatic carbocycles. The third-order valence-electron chi connectivity index (χ3n) is 3.94. The Morgan fingerprint density at radius 1 is 0.667 bits per heavy atom. The van der Waals surface area contributed by atoms with Gasteiger partial charge in [-0.1, -0.05) is 24.3 Å². The van der Waals surface area contributed by atoms with Gasteiger partial charge in [-0.2, -0.15) is 0 Å². The van der Waals surface area contributed by atoms with E-state index in [9.17, 15) is 18.0 Å². The Morgan fingerprint density at radius 2 is 1.29 bits per heavy atom. The molecule has 0 spiro atoms. The molecule has 4 rings (SSSR count). The van der Waals surface area contributed by atoms with Crippen LogP contribution >= 0.6 is 0 Å². The van der Waals surface area contributed by atoms with Crippen LogP contribution in [0.1, 0.15) is 20.7 Å². The Bertz CT molecular complexity index is 1110. The van der Waals surface area contributed by atoms with Gasteiger partial charge in [0.25, 0.3) is 0 Å². The molecule has 118 valence electrons. The lowest BCUT2D eigenvalue weighted by atomic mass is 10.0. The maximum Gasteiger partial charge on any atom is 0.346 e. The number of carbonyl (C=O) groups excluding carboxylic acids is 2. The molecule has 24 heavy (non-hydrogen) atoms. The van der Waals surface area contributed by atoms with Gasteiger partial charge in [-0.3, -0.25) is 0 Å². The third-order valence-corrected chi connectivity index (χ3v) is 5.70. The molecule has 0 saturated carbocycles. The number of carbonyl (C=O) groups is 2. The molecule has 0 aromatic heterocycles. The SMILES string of the molecule is O=C1OC(=O)c2cc3cc(S(=O)(=O)c4ccccc4)ccc3cc21. The van der Waals surface area contributed by atoms with Crippen LogP contribution in [0.25, 0.3) is 10.8 Å². The number of sulfone groups is 1. The standard InChI is InChI=1S/C18H10O5S/c19-17-15-9-11-6-7-14(8-12(11)10-16(15)18(20)23-17)24(21,22)13-4-2-1-3-5-13/h1-10H. The van der Waals surface area contributed by atoms with Crippen LogP contribution in [-0.2, 0) is 14.6 Å². The molecule has 6 heteroatoms. The molecular weight excluding hydrogens is 328 g/mol. The van der Waals surface area contributed by atoms with Gasteiger partial charge >= 0.3 is 11.9 Å². The van der Waals surface area contributed by atoms with Crippen LogP contribution in [0.15, 0.2) is 70.5 Å². The number of rotatable bonds is 2. The Kier molecular flexibility index (Phi) is 3.04. The van der Waals surface area contributed by atoms with Crippen molar-refractivity contribution in [1.29, 1.82) is 0 Å². The lowest BCUT2D eigenvalue weighted by molar-refractivity contribution is 0.0444. The molecular formula is C18H10O5S. The van der Waals surface area contributed by atoms with Crippen LogP contribution in [-0.4, -0.2) is 20.4 Å². The quantitative estimate of drug-likeness (QED) is 0.530. The summed E-state index contributed by atoms with van der Waals surface area (Å²) in [5.74, 6) is -1.40. The van der Waals surface area contributed by atoms with Crippen molar-refractivity contribution < 1.29 is 22.7 Å². The van der Waals surface area contributed by atoms with Gasteiger partial charge in [0.15, 0.2) is 0 Å². The van der Waals surface area contributed by atoms with Crippen LogP contribution in [0.2, 0.25) is 0 Å². The van der Waals surface area contributed by atoms with Crippen molar-refractivity contribution in [3.63, 3.8) is 0 Å². The molecule has 0 unspecified atom stereocenters. The van der Waals surface area contributed by atoms with Gasteiger partial charge in [-0.25, -0.2) is 18.0 Å². The predicted molar refractivity (Wildman–Crippen MR) is 85.6 cm³/mol. The van der Waals surface area contributed by atoms with E-state index in [1.165, 1.54) is 36.4 Å². The number of esters is 2. The van der Waals surface area contributed by atoms with Crippen LogP contribution < -0.4 is 0 Å². The number of hydrogen-bond donors (Lipinski definition) is 0. The maximum absolute atomic E-state index is 12.7. The first kappa shape index (κ1) is 14.6. The van der Waals surface area contributed by atoms with E-state index < -0.39 is 21.8 Å². The summed E-state index contributed by atoms with van der Waals surface area (Å²) < 4.78 is 29.9. The first-order chi connectivity index (χ1) is 11.5. The minimum Gasteiger partial charge on any atom is -0.386 e. The second-order valence-corrected chi connectivity index (χ2v) is 7.35. The smallest absolute Gasteiger partial charge is 0.346 e. The monoisotopic (exact) mass is 338 g/mol. The van der Waals surface area contributed by atoms with Gasteiger partial charge in [0.2, 0.25) is 9.84 Å². The highest BCUT2D eigenvalue weighted by atomic mass is 32.2. The van der Waals surface area contributed by atoms with Crippen molar-refractivity contribution in [3.8, 4) is 0 Å². The fourth-order valence-electron chi connectivity index (χ4n) is 2.71. The summed E-state index contributed by atoms with van der Waals surface area (Å²) >= 11 is 0. The van der Waals surface area contributed by atoms with E-state index in [1.807, 2.05) is 0 Å². The molecule has 0 bridgehead atoms. The fourth-order valence-corrected chi connectivity index (χ4v) is 4.03. The van der Waals surface area contributed by atoms with Gasteiger partial charge in [-0.05, 0) is 47.2 Å². The zero-order valence-corrected chi connectivity index (χ0v) is 13.0. The highest BCUT2D eigenvalue weighted by molar-refractivity contribution is 7.91. The Balaban J connectivity index is 1.91. The first-order valence-electron chi connectivity index (χ1n) is 7.11. The van der Waals surface area contributed by atoms with Gasteiger partial charge in [0.05, 0.1) is 20.9 Å². The highest BCUT2D eigenvalue weighted by Crippen LogP contribution is 2.29. The molecule has 0 N–H and O–H groups in total. The van der Waals surface area contributed by atoms with E-state index in [2.05, 4.69) is 4.74 Å². The third kappa shape index (κ3) is 2.11. The maximum atomic E-state index is 12.7. The number of hydrogen-bond acceptors (Lipinski definition) is 5. The molecule has 3 aromatic rings. The highest BCUT2D eigenvalue weighted by Gasteiger charge is 2.30. The van der Waals surface area contributed by atoms with Crippen LogP contribution in [0.3, 0.4) is 0 Å². The van der Waals surface area contributed by atoms with Crippen molar-refractivity contribution in [2.45, 2.75) is 9.79 Å². The normalized spacial score (nSPS) is 13.8. The number of fused-ring (bicyclic) bond motifs is 2. The molecule has 1 aliphatic heterocycles. The van der Waals surface area contributed by atoms with Gasteiger partial charge < -0.3 is 4.74 Å². The Morgan fingerprint density at radius 3 is 1.96 bits per heavy atom. The molecule has 0 atom stereocenters. The van der Waals surface area contributed by atoms with Crippen molar-refractivity contribution in [2.24, 2.45) is 0 Å². The molecule has 0 radical (unpaired) electrons. The van der Waals surface area contributed by atoms with Crippen LogP contribution in [0, 0.1) is 0 Å². The lowest BCUT2D eigenvalue weighted by Crippen LogP contribution is -2.02. The minimum absolute atomic E-state index is 0.124. The van der Waals surface area contributed by atoms with Gasteiger partial charge in [0.1, 0.15) is 0 Å². The van der Waals surface area contributed by atoms with Gasteiger partial charge in [0, 0.05) is 0 Å². The van der Waals surface area contributed by atoms with Crippen LogP contribution in [0.5, 0.6) is 0 Å². The average molecular weight is 338 g/mol. The number of benzene rings is 3. The Hall–Kier alpha value is -2.99. The van der Waals surface area contributed by atoms with Crippen LogP contribution in [0.4, 0.5) is 0 Å². The summed E-state index contributed by atoms with van der Waals surface area (Å²) in [5.41, 5.74) is 0.355. The van der Waals surface area contributed by atoms with Crippen molar-refractivity contribution in [3.05, 3.63) is 71.8 Å².